The van der Waals surface area contributed by atoms with Crippen molar-refractivity contribution in [2.24, 2.45) is 0 Å². The smallest absolute Gasteiger partial charge is 0.192 e. The number of hydrogen-bond donors (Lipinski definition) is 0. The van der Waals surface area contributed by atoms with Crippen molar-refractivity contribution in [1.29, 1.82) is 0 Å². The summed E-state index contributed by atoms with van der Waals surface area (Å²) in [5.74, 6) is 1.26. The predicted molar refractivity (Wildman–Crippen MR) is 65.9 cm³/mol. The third-order valence-corrected chi connectivity index (χ3v) is 2.97. The van der Waals surface area contributed by atoms with Gasteiger partial charge in [0, 0.05) is 18.8 Å². The summed E-state index contributed by atoms with van der Waals surface area (Å²) in [6.45, 7) is 1.85. The molecule has 0 aliphatic carbocycles. The van der Waals surface area contributed by atoms with E-state index in [1.165, 1.54) is 5.56 Å². The van der Waals surface area contributed by atoms with Gasteiger partial charge in [-0.1, -0.05) is 6.07 Å². The first-order chi connectivity index (χ1) is 7.61. The van der Waals surface area contributed by atoms with Crippen LogP contribution >= 0.6 is 11.6 Å². The lowest BCUT2D eigenvalue weighted by Gasteiger charge is -2.22. The fraction of sp³-hybridized carbons (Fsp3) is 0.417. The van der Waals surface area contributed by atoms with E-state index in [9.17, 15) is 0 Å². The molecule has 1 atom stereocenters. The van der Waals surface area contributed by atoms with Gasteiger partial charge in [-0.3, -0.25) is 0 Å². The molecule has 1 unspecified atom stereocenters. The van der Waals surface area contributed by atoms with Crippen molar-refractivity contribution in [2.75, 3.05) is 20.0 Å². The van der Waals surface area contributed by atoms with Gasteiger partial charge < -0.3 is 9.32 Å². The van der Waals surface area contributed by atoms with Crippen LogP contribution in [0.15, 0.2) is 22.6 Å². The zero-order valence-corrected chi connectivity index (χ0v) is 10.5. The molecule has 0 spiro atoms. The maximum absolute atomic E-state index is 5.97. The first kappa shape index (κ1) is 11.4. The van der Waals surface area contributed by atoms with Gasteiger partial charge in [-0.25, -0.2) is 4.98 Å². The number of aromatic nitrogens is 1. The second-order valence-electron chi connectivity index (χ2n) is 4.09. The van der Waals surface area contributed by atoms with Crippen LogP contribution < -0.4 is 0 Å². The summed E-state index contributed by atoms with van der Waals surface area (Å²) in [5.41, 5.74) is 2.89. The molecule has 2 aromatic rings. The molecular weight excluding hydrogens is 224 g/mol. The van der Waals surface area contributed by atoms with E-state index < -0.39 is 0 Å². The van der Waals surface area contributed by atoms with E-state index in [1.807, 2.05) is 39.2 Å². The third kappa shape index (κ3) is 2.06. The summed E-state index contributed by atoms with van der Waals surface area (Å²) in [7, 11) is 4.04. The van der Waals surface area contributed by atoms with Gasteiger partial charge in [0.15, 0.2) is 11.5 Å². The summed E-state index contributed by atoms with van der Waals surface area (Å²) in [6, 6.07) is 6.25. The lowest BCUT2D eigenvalue weighted by Crippen LogP contribution is -2.21. The molecule has 0 N–H and O–H groups in total. The Morgan fingerprint density at radius 2 is 2.19 bits per heavy atom. The number of aryl methyl sites for hydroxylation is 1. The molecule has 3 nitrogen and oxygen atoms in total. The first-order valence-electron chi connectivity index (χ1n) is 5.21. The van der Waals surface area contributed by atoms with E-state index in [4.69, 9.17) is 16.0 Å². The molecule has 1 heterocycles. The number of oxazole rings is 1. The van der Waals surface area contributed by atoms with Gasteiger partial charge in [-0.2, -0.15) is 0 Å². The van der Waals surface area contributed by atoms with Crippen LogP contribution in [-0.2, 0) is 0 Å². The number of alkyl halides is 1. The van der Waals surface area contributed by atoms with Gasteiger partial charge in [0.05, 0.1) is 0 Å². The molecule has 0 fully saturated rings. The Labute approximate surface area is 100 Å². The van der Waals surface area contributed by atoms with E-state index in [0.29, 0.717) is 11.8 Å². The number of benzene rings is 1. The topological polar surface area (TPSA) is 29.3 Å². The maximum Gasteiger partial charge on any atom is 0.192 e. The average Bonchev–Trinajstić information content (AvgIpc) is 2.57. The Kier molecular flexibility index (Phi) is 3.17. The molecule has 0 radical (unpaired) electrons. The van der Waals surface area contributed by atoms with E-state index in [1.54, 1.807) is 0 Å². The van der Waals surface area contributed by atoms with Gasteiger partial charge >= 0.3 is 0 Å². The van der Waals surface area contributed by atoms with Crippen LogP contribution in [0.25, 0.3) is 11.1 Å². The van der Waals surface area contributed by atoms with Crippen molar-refractivity contribution in [2.45, 2.75) is 13.0 Å². The zero-order valence-electron chi connectivity index (χ0n) is 9.70. The van der Waals surface area contributed by atoms with Crippen LogP contribution in [0.2, 0.25) is 0 Å². The number of fused-ring (bicyclic) bond motifs is 1. The largest absolute Gasteiger partial charge is 0.441 e. The van der Waals surface area contributed by atoms with Gasteiger partial charge in [0.1, 0.15) is 5.52 Å². The second kappa shape index (κ2) is 4.44. The van der Waals surface area contributed by atoms with Gasteiger partial charge in [0.25, 0.3) is 0 Å². The molecule has 4 heteroatoms. The minimum atomic E-state index is 0.211. The van der Waals surface area contributed by atoms with Crippen molar-refractivity contribution in [3.63, 3.8) is 0 Å². The van der Waals surface area contributed by atoms with Crippen LogP contribution in [0, 0.1) is 6.92 Å². The highest BCUT2D eigenvalue weighted by Gasteiger charge is 2.14. The highest BCUT2D eigenvalue weighted by molar-refractivity contribution is 6.18. The van der Waals surface area contributed by atoms with Crippen LogP contribution in [-0.4, -0.2) is 29.9 Å². The van der Waals surface area contributed by atoms with Gasteiger partial charge in [-0.05, 0) is 31.8 Å². The summed E-state index contributed by atoms with van der Waals surface area (Å²) >= 11 is 5.97. The molecule has 1 aromatic heterocycles. The van der Waals surface area contributed by atoms with Crippen molar-refractivity contribution in [3.05, 3.63) is 29.7 Å². The Morgan fingerprint density at radius 1 is 1.44 bits per heavy atom. The van der Waals surface area contributed by atoms with E-state index >= 15 is 0 Å². The highest BCUT2D eigenvalue weighted by Crippen LogP contribution is 2.24. The van der Waals surface area contributed by atoms with Gasteiger partial charge in [0.2, 0.25) is 0 Å². The minimum Gasteiger partial charge on any atom is -0.441 e. The average molecular weight is 239 g/mol. The molecule has 0 saturated carbocycles. The number of rotatable bonds is 3. The monoisotopic (exact) mass is 238 g/mol. The van der Waals surface area contributed by atoms with Gasteiger partial charge in [-0.15, -0.1) is 11.6 Å². The van der Waals surface area contributed by atoms with E-state index in [0.717, 1.165) is 11.1 Å². The number of hydrogen-bond acceptors (Lipinski definition) is 3. The SMILES string of the molecule is Cc1nc2cc(C(CCl)N(C)C)ccc2o1. The Bertz CT molecular complexity index is 493. The Morgan fingerprint density at radius 3 is 2.81 bits per heavy atom. The van der Waals surface area contributed by atoms with Crippen LogP contribution in [0.4, 0.5) is 0 Å². The molecule has 0 saturated heterocycles. The normalized spacial score (nSPS) is 13.6. The quantitative estimate of drug-likeness (QED) is 0.770. The number of halogens is 1. The second-order valence-corrected chi connectivity index (χ2v) is 4.40. The number of nitrogens with zero attached hydrogens (tertiary/aromatic N) is 2. The third-order valence-electron chi connectivity index (χ3n) is 2.67. The molecule has 0 aliphatic rings. The van der Waals surface area contributed by atoms with Crippen LogP contribution in [0.5, 0.6) is 0 Å². The molecule has 1 aromatic carbocycles. The Balaban J connectivity index is 2.44. The van der Waals surface area contributed by atoms with E-state index in [2.05, 4.69) is 9.88 Å². The summed E-state index contributed by atoms with van der Waals surface area (Å²) in [6.07, 6.45) is 0. The first-order valence-corrected chi connectivity index (χ1v) is 5.74. The fourth-order valence-corrected chi connectivity index (χ4v) is 2.25. The minimum absolute atomic E-state index is 0.211. The molecule has 16 heavy (non-hydrogen) atoms. The van der Waals surface area contributed by atoms with Crippen LogP contribution in [0.3, 0.4) is 0 Å². The highest BCUT2D eigenvalue weighted by atomic mass is 35.5. The standard InChI is InChI=1S/C12H15ClN2O/c1-8-14-10-6-9(4-5-12(10)16-8)11(7-13)15(2)3/h4-6,11H,7H2,1-3H3. The Hall–Kier alpha value is -1.06. The van der Waals surface area contributed by atoms with Crippen molar-refractivity contribution in [1.82, 2.24) is 9.88 Å². The summed E-state index contributed by atoms with van der Waals surface area (Å²) in [5, 5.41) is 0. The summed E-state index contributed by atoms with van der Waals surface area (Å²) < 4.78 is 5.44. The lowest BCUT2D eigenvalue weighted by molar-refractivity contribution is 0.324. The van der Waals surface area contributed by atoms with E-state index in [-0.39, 0.29) is 6.04 Å². The lowest BCUT2D eigenvalue weighted by atomic mass is 10.1. The molecule has 86 valence electrons. The molecule has 0 aliphatic heterocycles. The summed E-state index contributed by atoms with van der Waals surface area (Å²) in [4.78, 5) is 6.42. The van der Waals surface area contributed by atoms with Crippen molar-refractivity contribution >= 4 is 22.7 Å². The van der Waals surface area contributed by atoms with Crippen molar-refractivity contribution in [3.8, 4) is 0 Å². The molecular formula is C12H15ClN2O. The zero-order chi connectivity index (χ0) is 11.7. The maximum atomic E-state index is 5.97. The molecule has 0 amide bonds. The molecule has 2 rings (SSSR count). The van der Waals surface area contributed by atoms with Crippen LogP contribution in [0.1, 0.15) is 17.5 Å². The van der Waals surface area contributed by atoms with Crippen molar-refractivity contribution < 1.29 is 4.42 Å². The predicted octanol–water partition coefficient (Wildman–Crippen LogP) is 2.98. The molecule has 0 bridgehead atoms. The fourth-order valence-electron chi connectivity index (χ4n) is 1.79.